The summed E-state index contributed by atoms with van der Waals surface area (Å²) < 4.78 is 13.1. The molecule has 0 fully saturated rings. The van der Waals surface area contributed by atoms with Crippen LogP contribution in [0.5, 0.6) is 5.75 Å². The fraction of sp³-hybridized carbons (Fsp3) is 0.143. The molecule has 146 valence electrons. The van der Waals surface area contributed by atoms with Crippen LogP contribution in [-0.4, -0.2) is 44.8 Å². The van der Waals surface area contributed by atoms with Crippen LogP contribution in [0.1, 0.15) is 37.4 Å². The fourth-order valence-electron chi connectivity index (χ4n) is 3.63. The normalized spacial score (nSPS) is 13.0. The van der Waals surface area contributed by atoms with Gasteiger partial charge in [-0.3, -0.25) is 14.6 Å². The maximum Gasteiger partial charge on any atom is 0.377 e. The van der Waals surface area contributed by atoms with Gasteiger partial charge in [-0.25, -0.2) is 9.18 Å². The van der Waals surface area contributed by atoms with Crippen molar-refractivity contribution in [2.24, 2.45) is 0 Å². The minimum absolute atomic E-state index is 0.00814. The Kier molecular flexibility index (Phi) is 4.26. The predicted octanol–water partition coefficient (Wildman–Crippen LogP) is 2.52. The van der Waals surface area contributed by atoms with E-state index in [1.165, 1.54) is 30.3 Å². The molecule has 0 saturated carbocycles. The highest BCUT2D eigenvalue weighted by atomic mass is 19.1. The fourth-order valence-corrected chi connectivity index (χ4v) is 3.63. The second kappa shape index (κ2) is 6.66. The van der Waals surface area contributed by atoms with Crippen LogP contribution in [0.25, 0.3) is 10.9 Å². The van der Waals surface area contributed by atoms with Crippen LogP contribution in [0.3, 0.4) is 0 Å². The number of hydrogen-bond donors (Lipinski definition) is 2. The molecule has 0 radical (unpaired) electrons. The van der Waals surface area contributed by atoms with E-state index in [2.05, 4.69) is 4.98 Å². The van der Waals surface area contributed by atoms with Gasteiger partial charge in [-0.15, -0.1) is 0 Å². The minimum Gasteiger partial charge on any atom is -0.505 e. The number of carboxylic acid groups (broad SMARTS) is 1. The number of benzene rings is 2. The second-order valence-corrected chi connectivity index (χ2v) is 6.92. The Morgan fingerprint density at radius 3 is 2.55 bits per heavy atom. The molecule has 4 rings (SSSR count). The van der Waals surface area contributed by atoms with Crippen molar-refractivity contribution in [1.82, 2.24) is 9.88 Å². The van der Waals surface area contributed by atoms with Crippen LogP contribution < -0.4 is 0 Å². The van der Waals surface area contributed by atoms with Gasteiger partial charge in [0.25, 0.3) is 11.7 Å². The number of amides is 1. The molecule has 3 aromatic rings. The van der Waals surface area contributed by atoms with Crippen molar-refractivity contribution in [3.8, 4) is 5.75 Å². The summed E-state index contributed by atoms with van der Waals surface area (Å²) in [7, 11) is 1.49. The van der Waals surface area contributed by atoms with Gasteiger partial charge < -0.3 is 15.1 Å². The number of fused-ring (bicyclic) bond motifs is 2. The van der Waals surface area contributed by atoms with E-state index in [1.54, 1.807) is 18.2 Å². The number of pyridine rings is 1. The molecule has 1 amide bonds. The van der Waals surface area contributed by atoms with Crippen molar-refractivity contribution >= 4 is 28.6 Å². The average Bonchev–Trinajstić information content (AvgIpc) is 2.98. The number of ketones is 1. The van der Waals surface area contributed by atoms with Crippen molar-refractivity contribution in [2.75, 3.05) is 7.05 Å². The van der Waals surface area contributed by atoms with Gasteiger partial charge in [-0.05, 0) is 35.7 Å². The predicted molar refractivity (Wildman–Crippen MR) is 100 cm³/mol. The lowest BCUT2D eigenvalue weighted by Gasteiger charge is -2.12. The molecular formula is C21H15FN2O5. The largest absolute Gasteiger partial charge is 0.505 e. The van der Waals surface area contributed by atoms with Gasteiger partial charge in [0.2, 0.25) is 0 Å². The number of hydrogen-bond acceptors (Lipinski definition) is 5. The summed E-state index contributed by atoms with van der Waals surface area (Å²) in [5, 5.41) is 20.1. The van der Waals surface area contributed by atoms with Crippen LogP contribution in [-0.2, 0) is 17.8 Å². The minimum atomic E-state index is -1.66. The van der Waals surface area contributed by atoms with Crippen molar-refractivity contribution in [1.29, 1.82) is 0 Å². The Morgan fingerprint density at radius 1 is 1.21 bits per heavy atom. The van der Waals surface area contributed by atoms with Gasteiger partial charge in [0, 0.05) is 36.3 Å². The highest BCUT2D eigenvalue weighted by molar-refractivity contribution is 6.43. The SMILES string of the molecule is CN1Cc2c(c(O)c3ncc(Cc4ccc(F)cc4)cc3c2C(=O)C(=O)O)C1=O. The van der Waals surface area contributed by atoms with E-state index in [9.17, 15) is 29.0 Å². The molecule has 29 heavy (non-hydrogen) atoms. The van der Waals surface area contributed by atoms with Crippen molar-refractivity contribution in [2.45, 2.75) is 13.0 Å². The monoisotopic (exact) mass is 394 g/mol. The number of nitrogens with zero attached hydrogens (tertiary/aromatic N) is 2. The lowest BCUT2D eigenvalue weighted by molar-refractivity contribution is -0.131. The van der Waals surface area contributed by atoms with Crippen LogP contribution in [0.2, 0.25) is 0 Å². The molecule has 0 saturated heterocycles. The first-order valence-electron chi connectivity index (χ1n) is 8.72. The maximum atomic E-state index is 13.1. The van der Waals surface area contributed by atoms with Gasteiger partial charge in [-0.1, -0.05) is 12.1 Å². The molecule has 1 aliphatic rings. The molecule has 1 aliphatic heterocycles. The summed E-state index contributed by atoms with van der Waals surface area (Å²) in [6, 6.07) is 7.44. The Bertz CT molecular complexity index is 1200. The molecule has 7 nitrogen and oxygen atoms in total. The number of aromatic nitrogens is 1. The summed E-state index contributed by atoms with van der Waals surface area (Å²) in [6.07, 6.45) is 1.83. The first kappa shape index (κ1) is 18.5. The van der Waals surface area contributed by atoms with Gasteiger partial charge >= 0.3 is 5.97 Å². The van der Waals surface area contributed by atoms with E-state index >= 15 is 0 Å². The molecule has 2 aromatic carbocycles. The molecule has 1 aromatic heterocycles. The Hall–Kier alpha value is -3.81. The number of phenolic OH excluding ortho intramolecular Hbond substituents is 1. The van der Waals surface area contributed by atoms with Crippen molar-refractivity contribution in [3.63, 3.8) is 0 Å². The third kappa shape index (κ3) is 2.98. The van der Waals surface area contributed by atoms with Gasteiger partial charge in [0.05, 0.1) is 5.56 Å². The standard InChI is InChI=1S/C21H15FN2O5/c1-24-9-14-15(19(26)21(28)29)13-7-11(6-10-2-4-12(22)5-3-10)8-23-17(13)18(25)16(14)20(24)27/h2-5,7-8,25H,6,9H2,1H3,(H,28,29). The number of carboxylic acids is 1. The number of phenols is 1. The second-order valence-electron chi connectivity index (χ2n) is 6.92. The molecule has 2 N–H and O–H groups in total. The van der Waals surface area contributed by atoms with Gasteiger partial charge in [-0.2, -0.15) is 0 Å². The van der Waals surface area contributed by atoms with E-state index < -0.39 is 17.7 Å². The first-order valence-corrected chi connectivity index (χ1v) is 8.72. The topological polar surface area (TPSA) is 108 Å². The third-order valence-electron chi connectivity index (χ3n) is 4.98. The zero-order valence-corrected chi connectivity index (χ0v) is 15.3. The molecule has 0 unspecified atom stereocenters. The van der Waals surface area contributed by atoms with Gasteiger partial charge in [0.1, 0.15) is 11.3 Å². The van der Waals surface area contributed by atoms with Crippen LogP contribution in [0.4, 0.5) is 4.39 Å². The molecule has 2 heterocycles. The highest BCUT2D eigenvalue weighted by Gasteiger charge is 2.36. The number of carbonyl (C=O) groups is 3. The number of carbonyl (C=O) groups excluding carboxylic acids is 2. The van der Waals surface area contributed by atoms with Crippen molar-refractivity contribution in [3.05, 3.63) is 70.2 Å². The average molecular weight is 394 g/mol. The number of aromatic hydroxyl groups is 1. The van der Waals surface area contributed by atoms with Crippen molar-refractivity contribution < 1.29 is 29.0 Å². The number of rotatable bonds is 4. The summed E-state index contributed by atoms with van der Waals surface area (Å²) >= 11 is 0. The summed E-state index contributed by atoms with van der Waals surface area (Å²) in [4.78, 5) is 41.8. The molecule has 0 atom stereocenters. The van der Waals surface area contributed by atoms with E-state index in [1.807, 2.05) is 0 Å². The van der Waals surface area contributed by atoms with E-state index in [-0.39, 0.29) is 45.7 Å². The number of Topliss-reactive ketones (excluding diaryl/α,β-unsaturated/α-hetero) is 1. The maximum absolute atomic E-state index is 13.1. The third-order valence-corrected chi connectivity index (χ3v) is 4.98. The summed E-state index contributed by atoms with van der Waals surface area (Å²) in [6.45, 7) is 0.00814. The number of halogens is 1. The first-order chi connectivity index (χ1) is 13.8. The smallest absolute Gasteiger partial charge is 0.377 e. The molecule has 0 spiro atoms. The van der Waals surface area contributed by atoms with E-state index in [0.717, 1.165) is 5.56 Å². The molecule has 0 aliphatic carbocycles. The van der Waals surface area contributed by atoms with E-state index in [0.29, 0.717) is 12.0 Å². The molecule has 0 bridgehead atoms. The summed E-state index contributed by atoms with van der Waals surface area (Å²) in [5.74, 6) is -4.08. The zero-order chi connectivity index (χ0) is 20.9. The summed E-state index contributed by atoms with van der Waals surface area (Å²) in [5.41, 5.74) is 1.35. The van der Waals surface area contributed by atoms with Crippen LogP contribution in [0.15, 0.2) is 36.5 Å². The Morgan fingerprint density at radius 2 is 1.90 bits per heavy atom. The van der Waals surface area contributed by atoms with E-state index in [4.69, 9.17) is 0 Å². The quantitative estimate of drug-likeness (QED) is 0.520. The van der Waals surface area contributed by atoms with Gasteiger partial charge in [0.15, 0.2) is 5.75 Å². The lowest BCUT2D eigenvalue weighted by Crippen LogP contribution is -2.18. The molecular weight excluding hydrogens is 379 g/mol. The van der Waals surface area contributed by atoms with Crippen LogP contribution in [0, 0.1) is 5.82 Å². The lowest BCUT2D eigenvalue weighted by atomic mass is 9.92. The Labute approximate surface area is 164 Å². The molecule has 8 heteroatoms. The zero-order valence-electron chi connectivity index (χ0n) is 15.3. The Balaban J connectivity index is 1.94. The highest BCUT2D eigenvalue weighted by Crippen LogP contribution is 2.39. The number of aliphatic carboxylic acids is 1. The van der Waals surface area contributed by atoms with Crippen LogP contribution >= 0.6 is 0 Å².